The molecule has 6 rings (SSSR count). The Kier molecular flexibility index (Phi) is 7.20. The van der Waals surface area contributed by atoms with Crippen molar-refractivity contribution in [2.24, 2.45) is 0 Å². The quantitative estimate of drug-likeness (QED) is 0.381. The minimum atomic E-state index is -1.02. The third-order valence-electron chi connectivity index (χ3n) is 8.28. The maximum absolute atomic E-state index is 14.3. The molecule has 2 aliphatic rings. The van der Waals surface area contributed by atoms with Crippen LogP contribution in [0.1, 0.15) is 42.2 Å². The predicted molar refractivity (Wildman–Crippen MR) is 149 cm³/mol. The Hall–Kier alpha value is -3.53. The van der Waals surface area contributed by atoms with Crippen LogP contribution in [0.25, 0.3) is 22.2 Å². The smallest absolute Gasteiger partial charge is 0.275 e. The molecule has 9 heteroatoms. The molecule has 1 amide bonds. The predicted octanol–water partition coefficient (Wildman–Crippen LogP) is 3.51. The van der Waals surface area contributed by atoms with Crippen LogP contribution in [0.2, 0.25) is 0 Å². The molecule has 0 spiro atoms. The van der Waals surface area contributed by atoms with Gasteiger partial charge in [0.1, 0.15) is 5.60 Å². The Morgan fingerprint density at radius 2 is 1.97 bits per heavy atom. The van der Waals surface area contributed by atoms with Crippen LogP contribution in [0.15, 0.2) is 67.1 Å². The van der Waals surface area contributed by atoms with Crippen LogP contribution in [0.5, 0.6) is 0 Å². The molecule has 3 heterocycles. The summed E-state index contributed by atoms with van der Waals surface area (Å²) < 4.78 is 9.46. The maximum Gasteiger partial charge on any atom is 0.275 e. The van der Waals surface area contributed by atoms with Crippen molar-refractivity contribution in [1.29, 1.82) is 0 Å². The van der Waals surface area contributed by atoms with E-state index >= 15 is 0 Å². The molecule has 204 valence electrons. The Morgan fingerprint density at radius 3 is 2.82 bits per heavy atom. The number of amides is 1. The summed E-state index contributed by atoms with van der Waals surface area (Å²) in [5.41, 5.74) is 2.12. The van der Waals surface area contributed by atoms with Crippen LogP contribution in [-0.4, -0.2) is 80.2 Å². The molecule has 2 aromatic heterocycles. The number of hydrogen-bond acceptors (Lipinski definition) is 6. The molecule has 2 fully saturated rings. The average molecular weight is 529 g/mol. The van der Waals surface area contributed by atoms with Crippen LogP contribution >= 0.6 is 0 Å². The summed E-state index contributed by atoms with van der Waals surface area (Å²) in [4.78, 5) is 21.0. The Balaban J connectivity index is 1.37. The second-order valence-corrected chi connectivity index (χ2v) is 10.8. The van der Waals surface area contributed by atoms with Gasteiger partial charge in [0.15, 0.2) is 5.69 Å². The highest BCUT2D eigenvalue weighted by Crippen LogP contribution is 2.41. The van der Waals surface area contributed by atoms with Gasteiger partial charge in [-0.15, -0.1) is 0 Å². The first-order chi connectivity index (χ1) is 19.1. The first-order valence-electron chi connectivity index (χ1n) is 13.8. The van der Waals surface area contributed by atoms with E-state index in [1.54, 1.807) is 13.4 Å². The number of aromatic nitrogens is 4. The van der Waals surface area contributed by atoms with E-state index < -0.39 is 5.60 Å². The minimum Gasteiger partial charge on any atom is -0.385 e. The fourth-order valence-corrected chi connectivity index (χ4v) is 6.35. The van der Waals surface area contributed by atoms with Gasteiger partial charge in [-0.2, -0.15) is 5.10 Å². The molecule has 4 aromatic rings. The van der Waals surface area contributed by atoms with Crippen LogP contribution < -0.4 is 5.32 Å². The highest BCUT2D eigenvalue weighted by atomic mass is 16.5. The Morgan fingerprint density at radius 1 is 1.15 bits per heavy atom. The number of para-hydroxylation sites is 1. The number of hydrogen-bond donors (Lipinski definition) is 2. The van der Waals surface area contributed by atoms with E-state index in [-0.39, 0.29) is 24.6 Å². The van der Waals surface area contributed by atoms with E-state index in [1.807, 2.05) is 62.8 Å². The van der Waals surface area contributed by atoms with Gasteiger partial charge in [0, 0.05) is 37.7 Å². The third-order valence-corrected chi connectivity index (χ3v) is 8.28. The summed E-state index contributed by atoms with van der Waals surface area (Å²) in [5, 5.41) is 20.8. The third kappa shape index (κ3) is 4.86. The van der Waals surface area contributed by atoms with Crippen molar-refractivity contribution in [1.82, 2.24) is 29.5 Å². The number of imidazole rings is 1. The summed E-state index contributed by atoms with van der Waals surface area (Å²) in [6, 6.07) is 17.7. The fraction of sp³-hybridized carbons (Fsp3) is 0.433. The number of carbonyl (C=O) groups is 1. The normalized spacial score (nSPS) is 23.8. The van der Waals surface area contributed by atoms with Gasteiger partial charge < -0.3 is 24.6 Å². The highest BCUT2D eigenvalue weighted by Gasteiger charge is 2.42. The van der Waals surface area contributed by atoms with Crippen molar-refractivity contribution in [2.75, 3.05) is 33.4 Å². The van der Waals surface area contributed by atoms with Crippen molar-refractivity contribution in [3.05, 3.63) is 72.8 Å². The molecule has 39 heavy (non-hydrogen) atoms. The van der Waals surface area contributed by atoms with Crippen molar-refractivity contribution in [2.45, 2.75) is 49.9 Å². The molecule has 3 atom stereocenters. The average Bonchev–Trinajstić information content (AvgIpc) is 3.58. The maximum atomic E-state index is 14.3. The van der Waals surface area contributed by atoms with E-state index in [9.17, 15) is 9.90 Å². The standard InChI is InChI=1S/C30H36N6O3/c1-39-20-30(38)14-8-7-13-26(30)35-21-32-27(28(35)22-9-3-2-4-10-22)29(37)34-16-15-31-18-24(34)19-36-25-12-6-5-11-23(25)17-33-36/h2-6,9-12,17,21,24,26,31,38H,7-8,13-16,18-20H2,1H3/t24-,26+,30+/m0/s1. The summed E-state index contributed by atoms with van der Waals surface area (Å²) in [5.74, 6) is -0.0957. The van der Waals surface area contributed by atoms with Crippen molar-refractivity contribution < 1.29 is 14.6 Å². The molecule has 9 nitrogen and oxygen atoms in total. The Bertz CT molecular complexity index is 1430. The lowest BCUT2D eigenvalue weighted by atomic mass is 9.80. The summed E-state index contributed by atoms with van der Waals surface area (Å²) in [6.07, 6.45) is 7.01. The molecule has 1 saturated carbocycles. The van der Waals surface area contributed by atoms with Crippen LogP contribution in [0.4, 0.5) is 0 Å². The Labute approximate surface area is 228 Å². The van der Waals surface area contributed by atoms with E-state index in [4.69, 9.17) is 9.72 Å². The van der Waals surface area contributed by atoms with Crippen LogP contribution in [0.3, 0.4) is 0 Å². The lowest BCUT2D eigenvalue weighted by Crippen LogP contribution is -2.55. The molecular formula is C30H36N6O3. The van der Waals surface area contributed by atoms with Crippen LogP contribution in [0, 0.1) is 0 Å². The zero-order chi connectivity index (χ0) is 26.8. The van der Waals surface area contributed by atoms with E-state index in [2.05, 4.69) is 22.5 Å². The van der Waals surface area contributed by atoms with Gasteiger partial charge in [-0.05, 0) is 18.9 Å². The molecule has 0 bridgehead atoms. The molecule has 2 aromatic carbocycles. The number of methoxy groups -OCH3 is 1. The molecule has 0 radical (unpaired) electrons. The summed E-state index contributed by atoms with van der Waals surface area (Å²) in [6.45, 7) is 2.81. The van der Waals surface area contributed by atoms with Gasteiger partial charge in [0.2, 0.25) is 0 Å². The SMILES string of the molecule is COC[C@]1(O)CCCC[C@H]1n1cnc(C(=O)N2CCNC[C@H]2Cn2ncc3ccccc32)c1-c1ccccc1. The van der Waals surface area contributed by atoms with Gasteiger partial charge in [-0.1, -0.05) is 61.4 Å². The fourth-order valence-electron chi connectivity index (χ4n) is 6.35. The van der Waals surface area contributed by atoms with Gasteiger partial charge in [-0.3, -0.25) is 9.48 Å². The zero-order valence-electron chi connectivity index (χ0n) is 22.4. The molecular weight excluding hydrogens is 492 g/mol. The number of carbonyl (C=O) groups excluding carboxylic acids is 1. The molecule has 1 saturated heterocycles. The van der Waals surface area contributed by atoms with Crippen molar-refractivity contribution in [3.63, 3.8) is 0 Å². The van der Waals surface area contributed by atoms with Gasteiger partial charge in [0.05, 0.1) is 49.0 Å². The lowest BCUT2D eigenvalue weighted by Gasteiger charge is -2.41. The van der Waals surface area contributed by atoms with E-state index in [1.165, 1.54) is 0 Å². The van der Waals surface area contributed by atoms with Gasteiger partial charge in [-0.25, -0.2) is 4.98 Å². The number of nitrogens with zero attached hydrogens (tertiary/aromatic N) is 5. The van der Waals surface area contributed by atoms with Gasteiger partial charge in [0.25, 0.3) is 5.91 Å². The second kappa shape index (κ2) is 10.9. The number of nitrogens with one attached hydrogen (secondary N) is 1. The number of fused-ring (bicyclic) bond motifs is 1. The summed E-state index contributed by atoms with van der Waals surface area (Å²) >= 11 is 0. The highest BCUT2D eigenvalue weighted by molar-refractivity contribution is 5.98. The number of piperazine rings is 1. The first-order valence-corrected chi connectivity index (χ1v) is 13.8. The largest absolute Gasteiger partial charge is 0.385 e. The van der Waals surface area contributed by atoms with E-state index in [0.717, 1.165) is 48.0 Å². The molecule has 0 unspecified atom stereocenters. The number of aliphatic hydroxyl groups is 1. The topological polar surface area (TPSA) is 97.4 Å². The monoisotopic (exact) mass is 528 g/mol. The van der Waals surface area contributed by atoms with E-state index in [0.29, 0.717) is 31.7 Å². The molecule has 1 aliphatic heterocycles. The second-order valence-electron chi connectivity index (χ2n) is 10.8. The molecule has 1 aliphatic carbocycles. The molecule has 2 N–H and O–H groups in total. The lowest BCUT2D eigenvalue weighted by molar-refractivity contribution is -0.0893. The number of rotatable bonds is 7. The number of benzene rings is 2. The summed E-state index contributed by atoms with van der Waals surface area (Å²) in [7, 11) is 1.62. The first kappa shape index (κ1) is 25.7. The van der Waals surface area contributed by atoms with Crippen LogP contribution in [-0.2, 0) is 11.3 Å². The number of ether oxygens (including phenoxy) is 1. The van der Waals surface area contributed by atoms with Gasteiger partial charge >= 0.3 is 0 Å². The zero-order valence-corrected chi connectivity index (χ0v) is 22.4. The minimum absolute atomic E-state index is 0.0802. The van der Waals surface area contributed by atoms with Crippen molar-refractivity contribution in [3.8, 4) is 11.3 Å². The van der Waals surface area contributed by atoms with Crippen molar-refractivity contribution >= 4 is 16.8 Å².